The summed E-state index contributed by atoms with van der Waals surface area (Å²) in [5.74, 6) is 0. The topological polar surface area (TPSA) is 32.3 Å². The van der Waals surface area contributed by atoms with Gasteiger partial charge < -0.3 is 10.4 Å². The van der Waals surface area contributed by atoms with E-state index in [1.54, 1.807) is 0 Å². The Morgan fingerprint density at radius 1 is 1.64 bits per heavy atom. The van der Waals surface area contributed by atoms with E-state index in [-0.39, 0.29) is 11.6 Å². The maximum Gasteiger partial charge on any atom is 0.250 e. The summed E-state index contributed by atoms with van der Waals surface area (Å²) >= 11 is 5.37. The number of aliphatic hydroxyl groups is 1. The van der Waals surface area contributed by atoms with Gasteiger partial charge in [-0.2, -0.15) is 0 Å². The molecule has 0 rings (SSSR count). The highest BCUT2D eigenvalue weighted by Gasteiger charge is 2.11. The van der Waals surface area contributed by atoms with Crippen molar-refractivity contribution in [2.24, 2.45) is 0 Å². The van der Waals surface area contributed by atoms with E-state index in [2.05, 4.69) is 11.9 Å². The fraction of sp³-hybridized carbons (Fsp3) is 0.667. The molecule has 0 spiro atoms. The molecule has 1 atom stereocenters. The standard InChI is InChI=1S/C6H10ClF2NO/c1-4(7)5(3-11)10-2-6(8)9/h5-6,10-11H,1-3H2/t5-/m1/s1. The molecule has 0 aromatic heterocycles. The van der Waals surface area contributed by atoms with E-state index >= 15 is 0 Å². The van der Waals surface area contributed by atoms with Gasteiger partial charge in [0.05, 0.1) is 19.2 Å². The van der Waals surface area contributed by atoms with E-state index in [0.29, 0.717) is 0 Å². The zero-order valence-corrected chi connectivity index (χ0v) is 6.61. The molecule has 0 bridgehead atoms. The van der Waals surface area contributed by atoms with Crippen molar-refractivity contribution >= 4 is 11.6 Å². The molecule has 0 aromatic rings. The predicted octanol–water partition coefficient (Wildman–Crippen LogP) is 0.955. The van der Waals surface area contributed by atoms with Crippen LogP contribution in [-0.4, -0.2) is 30.7 Å². The highest BCUT2D eigenvalue weighted by Crippen LogP contribution is 2.04. The third-order valence-corrected chi connectivity index (χ3v) is 1.34. The molecule has 66 valence electrons. The minimum Gasteiger partial charge on any atom is -0.394 e. The Morgan fingerprint density at radius 2 is 2.18 bits per heavy atom. The predicted molar refractivity (Wildman–Crippen MR) is 39.9 cm³/mol. The summed E-state index contributed by atoms with van der Waals surface area (Å²) in [6.07, 6.45) is -2.44. The van der Waals surface area contributed by atoms with Crippen molar-refractivity contribution in [1.29, 1.82) is 0 Å². The van der Waals surface area contributed by atoms with Crippen molar-refractivity contribution in [3.63, 3.8) is 0 Å². The molecule has 0 fully saturated rings. The van der Waals surface area contributed by atoms with Crippen molar-refractivity contribution in [2.75, 3.05) is 13.2 Å². The SMILES string of the molecule is C=C(Cl)[C@@H](CO)NCC(F)F. The zero-order chi connectivity index (χ0) is 8.85. The lowest BCUT2D eigenvalue weighted by Gasteiger charge is -2.13. The van der Waals surface area contributed by atoms with E-state index in [1.165, 1.54) is 0 Å². The van der Waals surface area contributed by atoms with Crippen molar-refractivity contribution in [3.05, 3.63) is 11.6 Å². The largest absolute Gasteiger partial charge is 0.394 e. The van der Waals surface area contributed by atoms with Crippen LogP contribution in [0.1, 0.15) is 0 Å². The molecule has 0 unspecified atom stereocenters. The Balaban J connectivity index is 3.61. The molecular weight excluding hydrogens is 176 g/mol. The van der Waals surface area contributed by atoms with Gasteiger partial charge in [0.2, 0.25) is 0 Å². The minimum atomic E-state index is -2.44. The van der Waals surface area contributed by atoms with Crippen LogP contribution >= 0.6 is 11.6 Å². The highest BCUT2D eigenvalue weighted by molar-refractivity contribution is 6.29. The summed E-state index contributed by atoms with van der Waals surface area (Å²) in [6, 6.07) is -0.648. The Labute approximate surface area is 68.9 Å². The molecule has 0 aromatic carbocycles. The maximum absolute atomic E-state index is 11.6. The zero-order valence-electron chi connectivity index (χ0n) is 5.86. The van der Waals surface area contributed by atoms with Gasteiger partial charge in [-0.15, -0.1) is 0 Å². The molecule has 0 aliphatic heterocycles. The highest BCUT2D eigenvalue weighted by atomic mass is 35.5. The van der Waals surface area contributed by atoms with Crippen LogP contribution in [0.4, 0.5) is 8.78 Å². The van der Waals surface area contributed by atoms with Gasteiger partial charge in [-0.3, -0.25) is 0 Å². The van der Waals surface area contributed by atoms with Gasteiger partial charge in [-0.1, -0.05) is 18.2 Å². The van der Waals surface area contributed by atoms with Crippen LogP contribution < -0.4 is 5.32 Å². The summed E-state index contributed by atoms with van der Waals surface area (Å²) in [6.45, 7) is 2.49. The monoisotopic (exact) mass is 185 g/mol. The van der Waals surface area contributed by atoms with Crippen molar-refractivity contribution in [2.45, 2.75) is 12.5 Å². The number of halogens is 3. The number of hydrogen-bond acceptors (Lipinski definition) is 2. The van der Waals surface area contributed by atoms with E-state index in [9.17, 15) is 8.78 Å². The lowest BCUT2D eigenvalue weighted by atomic mass is 10.3. The van der Waals surface area contributed by atoms with Crippen LogP contribution in [0.5, 0.6) is 0 Å². The second-order valence-electron chi connectivity index (χ2n) is 1.98. The molecule has 2 nitrogen and oxygen atoms in total. The van der Waals surface area contributed by atoms with Gasteiger partial charge in [0, 0.05) is 5.03 Å². The van der Waals surface area contributed by atoms with E-state index in [4.69, 9.17) is 16.7 Å². The van der Waals surface area contributed by atoms with Crippen LogP contribution in [0.2, 0.25) is 0 Å². The van der Waals surface area contributed by atoms with Crippen LogP contribution in [0.15, 0.2) is 11.6 Å². The van der Waals surface area contributed by atoms with Crippen LogP contribution in [0, 0.1) is 0 Å². The fourth-order valence-electron chi connectivity index (χ4n) is 0.506. The Kier molecular flexibility index (Phi) is 5.36. The molecule has 0 aliphatic rings. The van der Waals surface area contributed by atoms with Crippen LogP contribution in [0.3, 0.4) is 0 Å². The molecule has 0 amide bonds. The summed E-state index contributed by atoms with van der Waals surface area (Å²) < 4.78 is 23.2. The van der Waals surface area contributed by atoms with Gasteiger partial charge in [-0.25, -0.2) is 8.78 Å². The molecular formula is C6H10ClF2NO. The molecule has 5 heteroatoms. The average Bonchev–Trinajstić information content (AvgIpc) is 1.87. The Morgan fingerprint density at radius 3 is 2.45 bits per heavy atom. The molecule has 2 N–H and O–H groups in total. The van der Waals surface area contributed by atoms with E-state index in [1.807, 2.05) is 0 Å². The lowest BCUT2D eigenvalue weighted by molar-refractivity contribution is 0.137. The number of aliphatic hydroxyl groups excluding tert-OH is 1. The van der Waals surface area contributed by atoms with Crippen molar-refractivity contribution < 1.29 is 13.9 Å². The van der Waals surface area contributed by atoms with E-state index in [0.717, 1.165) is 0 Å². The maximum atomic E-state index is 11.6. The van der Waals surface area contributed by atoms with Gasteiger partial charge in [0.25, 0.3) is 6.43 Å². The number of nitrogens with one attached hydrogen (secondary N) is 1. The minimum absolute atomic E-state index is 0.133. The summed E-state index contributed by atoms with van der Waals surface area (Å²) in [7, 11) is 0. The van der Waals surface area contributed by atoms with Gasteiger partial charge in [-0.05, 0) is 0 Å². The summed E-state index contributed by atoms with van der Waals surface area (Å²) in [5, 5.41) is 11.0. The molecule has 11 heavy (non-hydrogen) atoms. The second-order valence-corrected chi connectivity index (χ2v) is 2.47. The lowest BCUT2D eigenvalue weighted by Crippen LogP contribution is -2.35. The summed E-state index contributed by atoms with van der Waals surface area (Å²) in [5.41, 5.74) is 0. The van der Waals surface area contributed by atoms with Crippen LogP contribution in [-0.2, 0) is 0 Å². The van der Waals surface area contributed by atoms with Crippen LogP contribution in [0.25, 0.3) is 0 Å². The Bertz CT molecular complexity index is 132. The third kappa shape index (κ3) is 5.12. The van der Waals surface area contributed by atoms with Gasteiger partial charge >= 0.3 is 0 Å². The first-order chi connectivity index (χ1) is 5.07. The van der Waals surface area contributed by atoms with E-state index < -0.39 is 19.0 Å². The first kappa shape index (κ1) is 10.8. The molecule has 0 heterocycles. The molecule has 0 radical (unpaired) electrons. The number of hydrogen-bond donors (Lipinski definition) is 2. The molecule has 0 saturated heterocycles. The van der Waals surface area contributed by atoms with Crippen molar-refractivity contribution in [1.82, 2.24) is 5.32 Å². The fourth-order valence-corrected chi connectivity index (χ4v) is 0.652. The van der Waals surface area contributed by atoms with Gasteiger partial charge in [0.1, 0.15) is 0 Å². The van der Waals surface area contributed by atoms with Crippen molar-refractivity contribution in [3.8, 4) is 0 Å². The normalized spacial score (nSPS) is 13.5. The summed E-state index contributed by atoms with van der Waals surface area (Å²) in [4.78, 5) is 0. The number of rotatable bonds is 5. The van der Waals surface area contributed by atoms with Gasteiger partial charge in [0.15, 0.2) is 0 Å². The smallest absolute Gasteiger partial charge is 0.250 e. The quantitative estimate of drug-likeness (QED) is 0.669. The average molecular weight is 186 g/mol. The molecule has 0 aliphatic carbocycles. The third-order valence-electron chi connectivity index (χ3n) is 1.08. The number of alkyl halides is 2. The first-order valence-corrected chi connectivity index (χ1v) is 3.42. The molecule has 0 saturated carbocycles. The second kappa shape index (κ2) is 5.46. The first-order valence-electron chi connectivity index (χ1n) is 3.04. The Hall–Kier alpha value is -0.190.